The number of amides is 1. The average Bonchev–Trinajstić information content (AvgIpc) is 2.47. The molecule has 1 aliphatic rings. The number of aliphatic hydroxyl groups excluding tert-OH is 1. The molecule has 0 bridgehead atoms. The average molecular weight is 186 g/mol. The zero-order valence-electron chi connectivity index (χ0n) is 7.56. The summed E-state index contributed by atoms with van der Waals surface area (Å²) in [5.74, 6) is -0.142. The largest absolute Gasteiger partial charge is 0.391 e. The monoisotopic (exact) mass is 186 g/mol. The minimum absolute atomic E-state index is 0.142. The highest BCUT2D eigenvalue weighted by Gasteiger charge is 2.33. The SMILES string of the molecule is CNCC(=O)N1CC(O)C[C@H]1C=O. The van der Waals surface area contributed by atoms with Gasteiger partial charge in [0, 0.05) is 13.0 Å². The summed E-state index contributed by atoms with van der Waals surface area (Å²) in [5.41, 5.74) is 0. The number of nitrogens with one attached hydrogen (secondary N) is 1. The summed E-state index contributed by atoms with van der Waals surface area (Å²) in [6, 6.07) is -0.448. The molecule has 0 aromatic heterocycles. The van der Waals surface area contributed by atoms with Gasteiger partial charge in [-0.3, -0.25) is 4.79 Å². The predicted octanol–water partition coefficient (Wildman–Crippen LogP) is -1.63. The zero-order chi connectivity index (χ0) is 9.84. The van der Waals surface area contributed by atoms with Crippen LogP contribution in [0.3, 0.4) is 0 Å². The molecular weight excluding hydrogens is 172 g/mol. The Kier molecular flexibility index (Phi) is 3.39. The lowest BCUT2D eigenvalue weighted by Gasteiger charge is -2.19. The summed E-state index contributed by atoms with van der Waals surface area (Å²) in [6.45, 7) is 0.473. The van der Waals surface area contributed by atoms with Crippen LogP contribution < -0.4 is 5.32 Å². The first-order valence-corrected chi connectivity index (χ1v) is 4.26. The molecule has 1 amide bonds. The number of hydrogen-bond acceptors (Lipinski definition) is 4. The van der Waals surface area contributed by atoms with Crippen molar-refractivity contribution in [2.24, 2.45) is 0 Å². The smallest absolute Gasteiger partial charge is 0.237 e. The van der Waals surface area contributed by atoms with E-state index in [4.69, 9.17) is 0 Å². The van der Waals surface area contributed by atoms with Crippen LogP contribution in [-0.4, -0.2) is 54.5 Å². The number of β-amino-alcohol motifs (C(OH)–C–C–N with tert-alkyl or cyclic N) is 1. The molecule has 0 aromatic rings. The second kappa shape index (κ2) is 4.34. The quantitative estimate of drug-likeness (QED) is 0.519. The first-order chi connectivity index (χ1) is 6.19. The molecule has 2 N–H and O–H groups in total. The molecule has 5 heteroatoms. The first-order valence-electron chi connectivity index (χ1n) is 4.26. The number of carbonyl (C=O) groups is 2. The molecule has 1 aliphatic heterocycles. The van der Waals surface area contributed by atoms with Gasteiger partial charge in [-0.2, -0.15) is 0 Å². The van der Waals surface area contributed by atoms with Gasteiger partial charge in [-0.15, -0.1) is 0 Å². The van der Waals surface area contributed by atoms with Crippen molar-refractivity contribution >= 4 is 12.2 Å². The molecule has 0 spiro atoms. The minimum atomic E-state index is -0.559. The third-order valence-electron chi connectivity index (χ3n) is 2.13. The van der Waals surface area contributed by atoms with Crippen LogP contribution in [-0.2, 0) is 9.59 Å². The molecule has 2 atom stereocenters. The Morgan fingerprint density at radius 3 is 3.00 bits per heavy atom. The maximum Gasteiger partial charge on any atom is 0.237 e. The number of likely N-dealkylation sites (N-methyl/N-ethyl adjacent to an activating group) is 1. The molecule has 5 nitrogen and oxygen atoms in total. The van der Waals surface area contributed by atoms with Crippen LogP contribution in [0.15, 0.2) is 0 Å². The highest BCUT2D eigenvalue weighted by Crippen LogP contribution is 2.15. The summed E-state index contributed by atoms with van der Waals surface area (Å²) in [4.78, 5) is 23.3. The maximum atomic E-state index is 11.4. The van der Waals surface area contributed by atoms with Crippen molar-refractivity contribution < 1.29 is 14.7 Å². The van der Waals surface area contributed by atoms with Gasteiger partial charge in [-0.25, -0.2) is 0 Å². The second-order valence-electron chi connectivity index (χ2n) is 3.17. The normalized spacial score (nSPS) is 27.7. The van der Waals surface area contributed by atoms with E-state index >= 15 is 0 Å². The van der Waals surface area contributed by atoms with Crippen LogP contribution in [0.5, 0.6) is 0 Å². The van der Waals surface area contributed by atoms with E-state index in [1.54, 1.807) is 7.05 Å². The van der Waals surface area contributed by atoms with Gasteiger partial charge in [-0.05, 0) is 7.05 Å². The van der Waals surface area contributed by atoms with Gasteiger partial charge in [0.1, 0.15) is 6.29 Å². The van der Waals surface area contributed by atoms with Gasteiger partial charge in [0.2, 0.25) is 5.91 Å². The highest BCUT2D eigenvalue weighted by molar-refractivity contribution is 5.82. The van der Waals surface area contributed by atoms with Gasteiger partial charge in [0.05, 0.1) is 18.7 Å². The van der Waals surface area contributed by atoms with Gasteiger partial charge < -0.3 is 20.1 Å². The topological polar surface area (TPSA) is 69.6 Å². The van der Waals surface area contributed by atoms with E-state index in [2.05, 4.69) is 5.32 Å². The van der Waals surface area contributed by atoms with Crippen LogP contribution >= 0.6 is 0 Å². The second-order valence-corrected chi connectivity index (χ2v) is 3.17. The van der Waals surface area contributed by atoms with Crippen molar-refractivity contribution in [1.29, 1.82) is 0 Å². The van der Waals surface area contributed by atoms with Gasteiger partial charge in [-0.1, -0.05) is 0 Å². The fourth-order valence-electron chi connectivity index (χ4n) is 1.51. The van der Waals surface area contributed by atoms with Crippen molar-refractivity contribution in [3.63, 3.8) is 0 Å². The highest BCUT2D eigenvalue weighted by atomic mass is 16.3. The summed E-state index contributed by atoms with van der Waals surface area (Å²) >= 11 is 0. The number of aldehydes is 1. The fourth-order valence-corrected chi connectivity index (χ4v) is 1.51. The van der Waals surface area contributed by atoms with E-state index < -0.39 is 12.1 Å². The maximum absolute atomic E-state index is 11.4. The number of aliphatic hydroxyl groups is 1. The van der Waals surface area contributed by atoms with E-state index in [0.29, 0.717) is 12.7 Å². The lowest BCUT2D eigenvalue weighted by atomic mass is 10.2. The van der Waals surface area contributed by atoms with Crippen LogP contribution in [0.4, 0.5) is 0 Å². The van der Waals surface area contributed by atoms with Crippen molar-refractivity contribution in [2.45, 2.75) is 18.6 Å². The van der Waals surface area contributed by atoms with E-state index in [1.165, 1.54) is 4.90 Å². The van der Waals surface area contributed by atoms with Gasteiger partial charge >= 0.3 is 0 Å². The Labute approximate surface area is 76.7 Å². The van der Waals surface area contributed by atoms with Crippen LogP contribution in [0.2, 0.25) is 0 Å². The summed E-state index contributed by atoms with van der Waals surface area (Å²) in [5, 5.41) is 12.0. The van der Waals surface area contributed by atoms with Gasteiger partial charge in [0.25, 0.3) is 0 Å². The van der Waals surface area contributed by atoms with Crippen molar-refractivity contribution in [2.75, 3.05) is 20.1 Å². The Morgan fingerprint density at radius 2 is 2.46 bits per heavy atom. The molecule has 0 aromatic carbocycles. The standard InChI is InChI=1S/C8H14N2O3/c1-9-3-8(13)10-4-7(12)2-6(10)5-11/h5-7,9,12H,2-4H2,1H3/t6-,7?/m0/s1. The fraction of sp³-hybridized carbons (Fsp3) is 0.750. The molecule has 0 saturated carbocycles. The lowest BCUT2D eigenvalue weighted by molar-refractivity contribution is -0.133. The Morgan fingerprint density at radius 1 is 1.77 bits per heavy atom. The first kappa shape index (κ1) is 10.1. The van der Waals surface area contributed by atoms with Crippen LogP contribution in [0.25, 0.3) is 0 Å². The van der Waals surface area contributed by atoms with Crippen LogP contribution in [0.1, 0.15) is 6.42 Å². The number of likely N-dealkylation sites (tertiary alicyclic amines) is 1. The minimum Gasteiger partial charge on any atom is -0.391 e. The Hall–Kier alpha value is -0.940. The summed E-state index contributed by atoms with van der Waals surface area (Å²) in [7, 11) is 1.67. The molecule has 74 valence electrons. The van der Waals surface area contributed by atoms with Gasteiger partial charge in [0.15, 0.2) is 0 Å². The third kappa shape index (κ3) is 2.26. The Balaban J connectivity index is 2.57. The zero-order valence-corrected chi connectivity index (χ0v) is 7.56. The molecular formula is C8H14N2O3. The number of hydrogen-bond donors (Lipinski definition) is 2. The molecule has 1 saturated heterocycles. The molecule has 13 heavy (non-hydrogen) atoms. The third-order valence-corrected chi connectivity index (χ3v) is 2.13. The molecule has 0 radical (unpaired) electrons. The summed E-state index contributed by atoms with van der Waals surface area (Å²) < 4.78 is 0. The van der Waals surface area contributed by atoms with E-state index in [-0.39, 0.29) is 19.0 Å². The number of nitrogens with zero attached hydrogens (tertiary/aromatic N) is 1. The van der Waals surface area contributed by atoms with Crippen molar-refractivity contribution in [1.82, 2.24) is 10.2 Å². The Bertz CT molecular complexity index is 208. The predicted molar refractivity (Wildman–Crippen MR) is 46.1 cm³/mol. The number of carbonyl (C=O) groups excluding carboxylic acids is 2. The summed E-state index contributed by atoms with van der Waals surface area (Å²) in [6.07, 6.45) is 0.513. The van der Waals surface area contributed by atoms with E-state index in [9.17, 15) is 14.7 Å². The van der Waals surface area contributed by atoms with Crippen molar-refractivity contribution in [3.05, 3.63) is 0 Å². The van der Waals surface area contributed by atoms with Crippen LogP contribution in [0, 0.1) is 0 Å². The molecule has 1 rings (SSSR count). The molecule has 1 fully saturated rings. The van der Waals surface area contributed by atoms with E-state index in [0.717, 1.165) is 0 Å². The number of rotatable bonds is 3. The van der Waals surface area contributed by atoms with E-state index in [1.807, 2.05) is 0 Å². The molecule has 1 heterocycles. The molecule has 1 unspecified atom stereocenters. The van der Waals surface area contributed by atoms with Crippen molar-refractivity contribution in [3.8, 4) is 0 Å². The lowest BCUT2D eigenvalue weighted by Crippen LogP contribution is -2.41. The molecule has 0 aliphatic carbocycles.